The van der Waals surface area contributed by atoms with Crippen LogP contribution in [0.3, 0.4) is 0 Å². The number of aryl methyl sites for hydroxylation is 1. The first kappa shape index (κ1) is 17.0. The Morgan fingerprint density at radius 2 is 2.10 bits per heavy atom. The first-order chi connectivity index (χ1) is 10.0. The Morgan fingerprint density at radius 1 is 1.33 bits per heavy atom. The zero-order valence-corrected chi connectivity index (χ0v) is 15.2. The molecule has 120 valence electrons. The summed E-state index contributed by atoms with van der Waals surface area (Å²) in [4.78, 5) is 5.68. The number of rotatable bonds is 6. The van der Waals surface area contributed by atoms with Gasteiger partial charge in [-0.05, 0) is 56.7 Å². The van der Waals surface area contributed by atoms with Gasteiger partial charge in [-0.3, -0.25) is 4.90 Å². The van der Waals surface area contributed by atoms with Gasteiger partial charge >= 0.3 is 0 Å². The quantitative estimate of drug-likeness (QED) is 0.782. The van der Waals surface area contributed by atoms with Gasteiger partial charge in [0.2, 0.25) is 0 Å². The molecule has 0 radical (unpaired) electrons. The molecule has 2 nitrogen and oxygen atoms in total. The molecule has 0 amide bonds. The molecule has 1 fully saturated rings. The number of thiophene rings is 1. The molecule has 0 spiro atoms. The summed E-state index contributed by atoms with van der Waals surface area (Å²) in [5.74, 6) is 1.65. The number of nitrogens with zero attached hydrogens (tertiary/aromatic N) is 1. The van der Waals surface area contributed by atoms with Gasteiger partial charge in [-0.2, -0.15) is 0 Å². The van der Waals surface area contributed by atoms with Gasteiger partial charge in [0, 0.05) is 35.4 Å². The number of nitrogens with one attached hydrogen (secondary N) is 1. The molecule has 1 aliphatic rings. The van der Waals surface area contributed by atoms with Gasteiger partial charge < -0.3 is 5.32 Å². The van der Waals surface area contributed by atoms with Gasteiger partial charge in [0.15, 0.2) is 0 Å². The lowest BCUT2D eigenvalue weighted by molar-refractivity contribution is 0.0729. The zero-order chi connectivity index (χ0) is 15.4. The Labute approximate surface area is 134 Å². The summed E-state index contributed by atoms with van der Waals surface area (Å²) in [5, 5.41) is 3.52. The van der Waals surface area contributed by atoms with E-state index >= 15 is 0 Å². The lowest BCUT2D eigenvalue weighted by Crippen LogP contribution is -2.45. The van der Waals surface area contributed by atoms with Crippen molar-refractivity contribution in [3.8, 4) is 0 Å². The van der Waals surface area contributed by atoms with Crippen LogP contribution in [-0.4, -0.2) is 24.0 Å². The number of likely N-dealkylation sites (tertiary alicyclic amines) is 1. The van der Waals surface area contributed by atoms with Gasteiger partial charge in [0.25, 0.3) is 0 Å². The summed E-state index contributed by atoms with van der Waals surface area (Å²) in [6, 6.07) is 3.14. The average molecular weight is 309 g/mol. The van der Waals surface area contributed by atoms with Crippen molar-refractivity contribution in [2.75, 3.05) is 13.1 Å². The minimum atomic E-state index is 0.710. The van der Waals surface area contributed by atoms with Crippen LogP contribution in [0.2, 0.25) is 0 Å². The molecule has 0 bridgehead atoms. The third-order valence-electron chi connectivity index (χ3n) is 4.89. The summed E-state index contributed by atoms with van der Waals surface area (Å²) in [5.41, 5.74) is 1.54. The maximum absolute atomic E-state index is 3.52. The largest absolute Gasteiger partial charge is 0.312 e. The standard InChI is InChI=1S/C18H32N2S/c1-6-7-19-10-18-9-17(16(5)21-18)12-20-11-13(2)8-14(3)15(20)4/h9,13-15,19H,6-8,10-12H2,1-5H3. The van der Waals surface area contributed by atoms with Crippen molar-refractivity contribution in [2.45, 2.75) is 66.6 Å². The summed E-state index contributed by atoms with van der Waals surface area (Å²) in [7, 11) is 0. The first-order valence-electron chi connectivity index (χ1n) is 8.54. The summed E-state index contributed by atoms with van der Waals surface area (Å²) in [6.07, 6.45) is 2.59. The maximum Gasteiger partial charge on any atom is 0.0299 e. The van der Waals surface area contributed by atoms with Crippen molar-refractivity contribution in [1.82, 2.24) is 10.2 Å². The van der Waals surface area contributed by atoms with E-state index in [4.69, 9.17) is 0 Å². The zero-order valence-electron chi connectivity index (χ0n) is 14.4. The average Bonchev–Trinajstić information content (AvgIpc) is 2.76. The predicted molar refractivity (Wildman–Crippen MR) is 93.9 cm³/mol. The molecule has 1 saturated heterocycles. The SMILES string of the molecule is CCCNCc1cc(CN2CC(C)CC(C)C2C)c(C)s1. The Balaban J connectivity index is 1.98. The lowest BCUT2D eigenvalue weighted by Gasteiger charge is -2.41. The van der Waals surface area contributed by atoms with Crippen LogP contribution in [0.15, 0.2) is 6.07 Å². The van der Waals surface area contributed by atoms with Crippen LogP contribution >= 0.6 is 11.3 Å². The highest BCUT2D eigenvalue weighted by Gasteiger charge is 2.29. The Hall–Kier alpha value is -0.380. The smallest absolute Gasteiger partial charge is 0.0299 e. The van der Waals surface area contributed by atoms with Crippen LogP contribution in [0, 0.1) is 18.8 Å². The molecule has 0 saturated carbocycles. The molecule has 0 aromatic carbocycles. The number of hydrogen-bond acceptors (Lipinski definition) is 3. The van der Waals surface area contributed by atoms with E-state index in [2.05, 4.69) is 50.9 Å². The third kappa shape index (κ3) is 4.54. The van der Waals surface area contributed by atoms with Crippen LogP contribution in [0.5, 0.6) is 0 Å². The summed E-state index contributed by atoms with van der Waals surface area (Å²) >= 11 is 1.97. The van der Waals surface area contributed by atoms with E-state index in [9.17, 15) is 0 Å². The topological polar surface area (TPSA) is 15.3 Å². The second-order valence-electron chi connectivity index (χ2n) is 6.96. The van der Waals surface area contributed by atoms with Gasteiger partial charge in [-0.1, -0.05) is 20.8 Å². The van der Waals surface area contributed by atoms with E-state index in [0.29, 0.717) is 6.04 Å². The van der Waals surface area contributed by atoms with Gasteiger partial charge in [0.05, 0.1) is 0 Å². The van der Waals surface area contributed by atoms with E-state index in [1.54, 1.807) is 5.56 Å². The molecule has 2 heterocycles. The second kappa shape index (κ2) is 7.75. The second-order valence-corrected chi connectivity index (χ2v) is 8.30. The Bertz CT molecular complexity index is 440. The first-order valence-corrected chi connectivity index (χ1v) is 9.35. The van der Waals surface area contributed by atoms with E-state index in [1.165, 1.54) is 29.1 Å². The van der Waals surface area contributed by atoms with Gasteiger partial charge in [-0.25, -0.2) is 0 Å². The maximum atomic E-state index is 3.52. The van der Waals surface area contributed by atoms with Crippen molar-refractivity contribution >= 4 is 11.3 Å². The molecule has 1 aliphatic heterocycles. The van der Waals surface area contributed by atoms with Crippen molar-refractivity contribution in [1.29, 1.82) is 0 Å². The molecule has 1 aromatic heterocycles. The summed E-state index contributed by atoms with van der Waals surface area (Å²) in [6.45, 7) is 16.2. The number of piperidine rings is 1. The minimum Gasteiger partial charge on any atom is -0.312 e. The highest BCUT2D eigenvalue weighted by atomic mass is 32.1. The molecule has 1 N–H and O–H groups in total. The van der Waals surface area contributed by atoms with E-state index < -0.39 is 0 Å². The fourth-order valence-electron chi connectivity index (χ4n) is 3.48. The fourth-order valence-corrected chi connectivity index (χ4v) is 4.50. The molecule has 21 heavy (non-hydrogen) atoms. The van der Waals surface area contributed by atoms with Crippen LogP contribution in [0.25, 0.3) is 0 Å². The van der Waals surface area contributed by atoms with Gasteiger partial charge in [0.1, 0.15) is 0 Å². The highest BCUT2D eigenvalue weighted by Crippen LogP contribution is 2.30. The van der Waals surface area contributed by atoms with E-state index in [0.717, 1.165) is 31.5 Å². The summed E-state index contributed by atoms with van der Waals surface area (Å²) < 4.78 is 0. The molecular weight excluding hydrogens is 276 g/mol. The Kier molecular flexibility index (Phi) is 6.27. The molecule has 2 rings (SSSR count). The minimum absolute atomic E-state index is 0.710. The van der Waals surface area contributed by atoms with Gasteiger partial charge in [-0.15, -0.1) is 11.3 Å². The lowest BCUT2D eigenvalue weighted by atomic mass is 9.86. The van der Waals surface area contributed by atoms with Crippen molar-refractivity contribution in [2.24, 2.45) is 11.8 Å². The fraction of sp³-hybridized carbons (Fsp3) is 0.778. The Morgan fingerprint density at radius 3 is 2.81 bits per heavy atom. The molecule has 3 atom stereocenters. The third-order valence-corrected chi connectivity index (χ3v) is 5.98. The molecular formula is C18H32N2S. The van der Waals surface area contributed by atoms with Crippen molar-refractivity contribution in [3.63, 3.8) is 0 Å². The molecule has 0 aliphatic carbocycles. The molecule has 3 unspecified atom stereocenters. The molecule has 1 aromatic rings. The normalized spacial score (nSPS) is 27.2. The highest BCUT2D eigenvalue weighted by molar-refractivity contribution is 7.12. The molecule has 3 heteroatoms. The predicted octanol–water partition coefficient (Wildman–Crippen LogP) is 4.42. The number of hydrogen-bond donors (Lipinski definition) is 1. The van der Waals surface area contributed by atoms with E-state index in [-0.39, 0.29) is 0 Å². The van der Waals surface area contributed by atoms with Crippen molar-refractivity contribution in [3.05, 3.63) is 21.4 Å². The van der Waals surface area contributed by atoms with Crippen LogP contribution in [0.1, 0.15) is 55.9 Å². The van der Waals surface area contributed by atoms with Crippen LogP contribution in [-0.2, 0) is 13.1 Å². The van der Waals surface area contributed by atoms with E-state index in [1.807, 2.05) is 11.3 Å². The monoisotopic (exact) mass is 308 g/mol. The van der Waals surface area contributed by atoms with Crippen LogP contribution in [0.4, 0.5) is 0 Å². The van der Waals surface area contributed by atoms with Crippen LogP contribution < -0.4 is 5.32 Å². The van der Waals surface area contributed by atoms with Crippen molar-refractivity contribution < 1.29 is 0 Å².